The molecule has 37 heavy (non-hydrogen) atoms. The molecule has 2 aromatic carbocycles. The number of carbonyl (C=O) groups excluding carboxylic acids is 1. The van der Waals surface area contributed by atoms with Gasteiger partial charge in [0.15, 0.2) is 0 Å². The van der Waals surface area contributed by atoms with Gasteiger partial charge in [-0.25, -0.2) is 8.42 Å². The maximum Gasteiger partial charge on any atom is 0.243 e. The van der Waals surface area contributed by atoms with Gasteiger partial charge in [0, 0.05) is 37.7 Å². The lowest BCUT2D eigenvalue weighted by Crippen LogP contribution is -2.52. The highest BCUT2D eigenvalue weighted by Crippen LogP contribution is 2.26. The van der Waals surface area contributed by atoms with Crippen LogP contribution < -0.4 is 0 Å². The van der Waals surface area contributed by atoms with Gasteiger partial charge in [-0.3, -0.25) is 9.69 Å². The Bertz CT molecular complexity index is 1350. The fraction of sp³-hybridized carbons (Fsp3) is 0.423. The number of benzene rings is 2. The highest BCUT2D eigenvalue weighted by molar-refractivity contribution is 7.89. The molecular formula is C26H30ClN5O4S. The van der Waals surface area contributed by atoms with E-state index in [1.807, 2.05) is 30.0 Å². The van der Waals surface area contributed by atoms with Crippen molar-refractivity contribution < 1.29 is 17.7 Å². The first-order valence-corrected chi connectivity index (χ1v) is 14.3. The summed E-state index contributed by atoms with van der Waals surface area (Å²) in [6.07, 6.45) is 1.48. The minimum Gasteiger partial charge on any atom is -0.340 e. The minimum absolute atomic E-state index is 0.0575. The molecule has 0 N–H and O–H groups in total. The van der Waals surface area contributed by atoms with E-state index in [1.165, 1.54) is 4.31 Å². The van der Waals surface area contributed by atoms with Crippen LogP contribution in [-0.2, 0) is 21.4 Å². The molecule has 2 fully saturated rings. The first kappa shape index (κ1) is 25.8. The molecule has 3 heterocycles. The van der Waals surface area contributed by atoms with Crippen LogP contribution >= 0.6 is 11.6 Å². The van der Waals surface area contributed by atoms with Crippen molar-refractivity contribution >= 4 is 27.5 Å². The Kier molecular flexibility index (Phi) is 7.62. The maximum atomic E-state index is 13.2. The number of sulfonamides is 1. The normalized spacial score (nSPS) is 18.3. The standard InChI is InChI=1S/C26H30ClN5O4S/c1-19-6-8-21(9-7-19)37(34,35)32-16-14-31(15-17-32)26(33)20-10-12-30(13-11-20)18-24-28-25(29-36-24)22-4-2-3-5-23(22)27/h2-9,20H,10-18H2,1H3. The van der Waals surface area contributed by atoms with Crippen LogP contribution in [0, 0.1) is 12.8 Å². The Labute approximate surface area is 222 Å². The van der Waals surface area contributed by atoms with E-state index in [1.54, 1.807) is 30.3 Å². The topological polar surface area (TPSA) is 99.9 Å². The van der Waals surface area contributed by atoms with E-state index in [4.69, 9.17) is 16.1 Å². The molecule has 5 rings (SSSR count). The third-order valence-electron chi connectivity index (χ3n) is 7.09. The minimum atomic E-state index is -3.55. The summed E-state index contributed by atoms with van der Waals surface area (Å²) < 4.78 is 32.8. The largest absolute Gasteiger partial charge is 0.340 e. The molecule has 0 saturated carbocycles. The van der Waals surface area contributed by atoms with Gasteiger partial charge in [-0.05, 0) is 57.1 Å². The summed E-state index contributed by atoms with van der Waals surface area (Å²) in [7, 11) is -3.55. The monoisotopic (exact) mass is 543 g/mol. The second-order valence-corrected chi connectivity index (χ2v) is 11.9. The van der Waals surface area contributed by atoms with Gasteiger partial charge in [-0.15, -0.1) is 0 Å². The molecule has 1 amide bonds. The summed E-state index contributed by atoms with van der Waals surface area (Å²) in [6, 6.07) is 14.3. The number of aromatic nitrogens is 2. The van der Waals surface area contributed by atoms with Crippen molar-refractivity contribution in [3.05, 3.63) is 65.0 Å². The average Bonchev–Trinajstić information content (AvgIpc) is 3.37. The van der Waals surface area contributed by atoms with Crippen molar-refractivity contribution in [3.63, 3.8) is 0 Å². The Balaban J connectivity index is 1.10. The summed E-state index contributed by atoms with van der Waals surface area (Å²) >= 11 is 6.23. The zero-order chi connectivity index (χ0) is 26.0. The van der Waals surface area contributed by atoms with Crippen molar-refractivity contribution in [1.82, 2.24) is 24.2 Å². The van der Waals surface area contributed by atoms with Crippen molar-refractivity contribution in [3.8, 4) is 11.4 Å². The van der Waals surface area contributed by atoms with E-state index in [9.17, 15) is 13.2 Å². The van der Waals surface area contributed by atoms with Gasteiger partial charge in [0.1, 0.15) is 0 Å². The van der Waals surface area contributed by atoms with Crippen LogP contribution in [0.2, 0.25) is 5.02 Å². The van der Waals surface area contributed by atoms with E-state index >= 15 is 0 Å². The third-order valence-corrected chi connectivity index (χ3v) is 9.33. The van der Waals surface area contributed by atoms with Gasteiger partial charge in [-0.2, -0.15) is 9.29 Å². The molecule has 9 nitrogen and oxygen atoms in total. The molecular weight excluding hydrogens is 514 g/mol. The molecule has 11 heteroatoms. The molecule has 0 atom stereocenters. The molecule has 2 aliphatic rings. The Morgan fingerprint density at radius 3 is 2.35 bits per heavy atom. The van der Waals surface area contributed by atoms with Gasteiger partial charge >= 0.3 is 0 Å². The zero-order valence-electron chi connectivity index (χ0n) is 20.7. The molecule has 3 aromatic rings. The molecule has 196 valence electrons. The molecule has 0 unspecified atom stereocenters. The Morgan fingerprint density at radius 1 is 1.00 bits per heavy atom. The highest BCUT2D eigenvalue weighted by atomic mass is 35.5. The summed E-state index contributed by atoms with van der Waals surface area (Å²) in [5.74, 6) is 1.04. The van der Waals surface area contributed by atoms with Gasteiger partial charge in [-0.1, -0.05) is 46.6 Å². The number of carbonyl (C=O) groups is 1. The Morgan fingerprint density at radius 2 is 1.68 bits per heavy atom. The predicted octanol–water partition coefficient (Wildman–Crippen LogP) is 3.44. The van der Waals surface area contributed by atoms with Crippen molar-refractivity contribution in [2.75, 3.05) is 39.3 Å². The van der Waals surface area contributed by atoms with Gasteiger partial charge < -0.3 is 9.42 Å². The summed E-state index contributed by atoms with van der Waals surface area (Å²) in [6.45, 7) is 5.40. The van der Waals surface area contributed by atoms with Crippen molar-refractivity contribution in [2.45, 2.75) is 31.2 Å². The quantitative estimate of drug-likeness (QED) is 0.469. The highest BCUT2D eigenvalue weighted by Gasteiger charge is 2.34. The smallest absolute Gasteiger partial charge is 0.243 e. The second kappa shape index (κ2) is 10.9. The third kappa shape index (κ3) is 5.72. The second-order valence-electron chi connectivity index (χ2n) is 9.58. The maximum absolute atomic E-state index is 13.2. The van der Waals surface area contributed by atoms with E-state index in [0.717, 1.165) is 37.1 Å². The van der Waals surface area contributed by atoms with Crippen LogP contribution in [0.4, 0.5) is 0 Å². The number of halogens is 1. The lowest BCUT2D eigenvalue weighted by Gasteiger charge is -2.38. The van der Waals surface area contributed by atoms with Gasteiger partial charge in [0.25, 0.3) is 0 Å². The van der Waals surface area contributed by atoms with E-state index in [-0.39, 0.29) is 11.8 Å². The lowest BCUT2D eigenvalue weighted by atomic mass is 9.95. The number of piperazine rings is 1. The summed E-state index contributed by atoms with van der Waals surface area (Å²) in [5, 5.41) is 4.63. The first-order valence-electron chi connectivity index (χ1n) is 12.5. The van der Waals surface area contributed by atoms with E-state index in [0.29, 0.717) is 54.4 Å². The number of hydrogen-bond acceptors (Lipinski definition) is 7. The Hall–Kier alpha value is -2.79. The lowest BCUT2D eigenvalue weighted by molar-refractivity contribution is -0.138. The average molecular weight is 544 g/mol. The number of hydrogen-bond donors (Lipinski definition) is 0. The van der Waals surface area contributed by atoms with Gasteiger partial charge in [0.2, 0.25) is 27.6 Å². The van der Waals surface area contributed by atoms with Crippen molar-refractivity contribution in [1.29, 1.82) is 0 Å². The molecule has 0 spiro atoms. The molecule has 2 aliphatic heterocycles. The van der Waals surface area contributed by atoms with E-state index in [2.05, 4.69) is 15.0 Å². The van der Waals surface area contributed by atoms with E-state index < -0.39 is 10.0 Å². The fourth-order valence-corrected chi connectivity index (χ4v) is 6.51. The van der Waals surface area contributed by atoms with Crippen LogP contribution in [-0.4, -0.2) is 77.8 Å². The number of nitrogens with zero attached hydrogens (tertiary/aromatic N) is 5. The van der Waals surface area contributed by atoms with Crippen LogP contribution in [0.15, 0.2) is 57.9 Å². The fourth-order valence-electron chi connectivity index (χ4n) is 4.87. The molecule has 0 bridgehead atoms. The molecule has 0 radical (unpaired) electrons. The van der Waals surface area contributed by atoms with Crippen LogP contribution in [0.25, 0.3) is 11.4 Å². The van der Waals surface area contributed by atoms with Crippen LogP contribution in [0.5, 0.6) is 0 Å². The number of amides is 1. The number of piperidine rings is 1. The molecule has 2 saturated heterocycles. The van der Waals surface area contributed by atoms with Gasteiger partial charge in [0.05, 0.1) is 16.5 Å². The molecule has 0 aliphatic carbocycles. The summed E-state index contributed by atoms with van der Waals surface area (Å²) in [4.78, 5) is 22.0. The van der Waals surface area contributed by atoms with Crippen molar-refractivity contribution in [2.24, 2.45) is 5.92 Å². The number of rotatable bonds is 6. The molecule has 1 aromatic heterocycles. The first-order chi connectivity index (χ1) is 17.8. The zero-order valence-corrected chi connectivity index (χ0v) is 22.3. The number of likely N-dealkylation sites (tertiary alicyclic amines) is 1. The predicted molar refractivity (Wildman–Crippen MR) is 139 cm³/mol. The SMILES string of the molecule is Cc1ccc(S(=O)(=O)N2CCN(C(=O)C3CCN(Cc4nc(-c5ccccc5Cl)no4)CC3)CC2)cc1. The number of aryl methyl sites for hydroxylation is 1. The van der Waals surface area contributed by atoms with Crippen LogP contribution in [0.1, 0.15) is 24.3 Å². The summed E-state index contributed by atoms with van der Waals surface area (Å²) in [5.41, 5.74) is 1.74. The van der Waals surface area contributed by atoms with Crippen LogP contribution in [0.3, 0.4) is 0 Å².